The summed E-state index contributed by atoms with van der Waals surface area (Å²) in [6.07, 6.45) is 11.9. The van der Waals surface area contributed by atoms with Gasteiger partial charge in [-0.15, -0.1) is 0 Å². The molecule has 1 amide bonds. The Balaban J connectivity index is 0. The van der Waals surface area contributed by atoms with E-state index in [-0.39, 0.29) is 41.4 Å². The fraction of sp³-hybridized carbons (Fsp3) is 0.833. The van der Waals surface area contributed by atoms with Gasteiger partial charge in [-0.3, -0.25) is 10.2 Å². The molecule has 8 heteroatoms. The van der Waals surface area contributed by atoms with Crippen LogP contribution in [0.3, 0.4) is 0 Å². The van der Waals surface area contributed by atoms with Gasteiger partial charge in [-0.25, -0.2) is 4.79 Å². The van der Waals surface area contributed by atoms with Crippen molar-refractivity contribution in [3.63, 3.8) is 0 Å². The van der Waals surface area contributed by atoms with Gasteiger partial charge in [-0.05, 0) is 19.3 Å². The predicted molar refractivity (Wildman–Crippen MR) is 108 cm³/mol. The summed E-state index contributed by atoms with van der Waals surface area (Å²) in [4.78, 5) is 23.0. The van der Waals surface area contributed by atoms with Crippen LogP contribution in [0, 0.1) is 5.41 Å². The van der Waals surface area contributed by atoms with Gasteiger partial charge in [0.05, 0.1) is 0 Å². The molecule has 0 aromatic rings. The number of carbonyl (C=O) groups is 2. The van der Waals surface area contributed by atoms with Gasteiger partial charge in [-0.1, -0.05) is 58.3 Å². The standard InChI is InChI=1S/C18H36N4O3.Na.H/c1-2-3-4-5-6-7-8-9-10-13-16(23)22-15(17(24)25)12-11-14-21-18(19)20;;/h15H,2-14H2,1H3,(H,22,23)(H,24,25)(H4,19,20,21);;. The molecule has 0 aliphatic carbocycles. The van der Waals surface area contributed by atoms with Crippen LogP contribution in [-0.4, -0.2) is 65.1 Å². The van der Waals surface area contributed by atoms with Crippen LogP contribution < -0.4 is 16.4 Å². The second-order valence-electron chi connectivity index (χ2n) is 6.52. The monoisotopic (exact) mass is 380 g/mol. The number of carboxylic acids is 1. The minimum absolute atomic E-state index is 0. The summed E-state index contributed by atoms with van der Waals surface area (Å²) in [5, 5.41) is 21.4. The van der Waals surface area contributed by atoms with E-state index in [1.54, 1.807) is 0 Å². The molecule has 26 heavy (non-hydrogen) atoms. The molecule has 148 valence electrons. The zero-order chi connectivity index (χ0) is 18.9. The van der Waals surface area contributed by atoms with E-state index < -0.39 is 12.0 Å². The molecule has 0 heterocycles. The summed E-state index contributed by atoms with van der Waals surface area (Å²) >= 11 is 0. The van der Waals surface area contributed by atoms with E-state index in [4.69, 9.17) is 16.2 Å². The number of hydrogen-bond donors (Lipinski definition) is 5. The van der Waals surface area contributed by atoms with Crippen molar-refractivity contribution in [3.8, 4) is 0 Å². The van der Waals surface area contributed by atoms with Crippen LogP contribution in [0.25, 0.3) is 0 Å². The second-order valence-corrected chi connectivity index (χ2v) is 6.52. The maximum atomic E-state index is 11.9. The molecule has 0 aromatic heterocycles. The molecule has 7 nitrogen and oxygen atoms in total. The maximum absolute atomic E-state index is 11.9. The van der Waals surface area contributed by atoms with Crippen molar-refractivity contribution in [2.75, 3.05) is 6.54 Å². The van der Waals surface area contributed by atoms with E-state index in [1.807, 2.05) is 0 Å². The summed E-state index contributed by atoms with van der Waals surface area (Å²) in [5.41, 5.74) is 5.16. The van der Waals surface area contributed by atoms with E-state index in [0.29, 0.717) is 25.8 Å². The Morgan fingerprint density at radius 3 is 2.04 bits per heavy atom. The van der Waals surface area contributed by atoms with Gasteiger partial charge in [0.25, 0.3) is 0 Å². The Morgan fingerprint density at radius 2 is 1.54 bits per heavy atom. The molecule has 1 atom stereocenters. The van der Waals surface area contributed by atoms with E-state index in [1.165, 1.54) is 38.5 Å². The quantitative estimate of drug-likeness (QED) is 0.121. The molecule has 0 rings (SSSR count). The summed E-state index contributed by atoms with van der Waals surface area (Å²) < 4.78 is 0. The molecular formula is C18H37N4NaO3. The van der Waals surface area contributed by atoms with Crippen molar-refractivity contribution in [1.29, 1.82) is 5.41 Å². The fourth-order valence-electron chi connectivity index (χ4n) is 2.65. The number of carbonyl (C=O) groups excluding carboxylic acids is 1. The Morgan fingerprint density at radius 1 is 1.00 bits per heavy atom. The third-order valence-corrected chi connectivity index (χ3v) is 4.13. The number of unbranched alkanes of at least 4 members (excludes halogenated alkanes) is 8. The van der Waals surface area contributed by atoms with Gasteiger partial charge in [0.15, 0.2) is 5.96 Å². The molecular weight excluding hydrogens is 343 g/mol. The van der Waals surface area contributed by atoms with Crippen molar-refractivity contribution >= 4 is 47.4 Å². The number of rotatable bonds is 16. The molecule has 0 fully saturated rings. The van der Waals surface area contributed by atoms with Crippen molar-refractivity contribution in [1.82, 2.24) is 10.6 Å². The van der Waals surface area contributed by atoms with Crippen LogP contribution in [0.4, 0.5) is 0 Å². The SMILES string of the molecule is CCCCCCCCCCCC(=O)NC(CCCNC(=N)N)C(=O)O.[NaH]. The van der Waals surface area contributed by atoms with Crippen LogP contribution in [0.1, 0.15) is 84.0 Å². The number of carboxylic acid groups (broad SMARTS) is 1. The van der Waals surface area contributed by atoms with E-state index in [2.05, 4.69) is 17.6 Å². The molecule has 0 bridgehead atoms. The average molecular weight is 381 g/mol. The van der Waals surface area contributed by atoms with Crippen molar-refractivity contribution in [2.24, 2.45) is 5.73 Å². The average Bonchev–Trinajstić information content (AvgIpc) is 2.55. The van der Waals surface area contributed by atoms with Gasteiger partial charge in [0, 0.05) is 13.0 Å². The number of guanidine groups is 1. The first-order chi connectivity index (χ1) is 12.0. The van der Waals surface area contributed by atoms with Gasteiger partial charge >= 0.3 is 35.5 Å². The Kier molecular flexibility index (Phi) is 20.0. The Labute approximate surface area is 180 Å². The Bertz CT molecular complexity index is 395. The van der Waals surface area contributed by atoms with Crippen LogP contribution in [0.5, 0.6) is 0 Å². The first-order valence-electron chi connectivity index (χ1n) is 9.57. The zero-order valence-electron chi connectivity index (χ0n) is 15.6. The van der Waals surface area contributed by atoms with E-state index in [0.717, 1.165) is 19.3 Å². The van der Waals surface area contributed by atoms with Crippen LogP contribution in [0.15, 0.2) is 0 Å². The number of amides is 1. The van der Waals surface area contributed by atoms with E-state index >= 15 is 0 Å². The van der Waals surface area contributed by atoms with Crippen molar-refractivity contribution < 1.29 is 14.7 Å². The molecule has 0 saturated heterocycles. The summed E-state index contributed by atoms with van der Waals surface area (Å²) in [6, 6.07) is -0.875. The molecule has 0 radical (unpaired) electrons. The normalized spacial score (nSPS) is 11.3. The second kappa shape index (κ2) is 19.0. The van der Waals surface area contributed by atoms with Gasteiger partial charge in [0.2, 0.25) is 5.91 Å². The molecule has 0 aliphatic rings. The van der Waals surface area contributed by atoms with Gasteiger partial charge < -0.3 is 21.5 Å². The van der Waals surface area contributed by atoms with Gasteiger partial charge in [0.1, 0.15) is 6.04 Å². The molecule has 1 unspecified atom stereocenters. The third kappa shape index (κ3) is 18.0. The number of hydrogen-bond acceptors (Lipinski definition) is 3. The number of nitrogens with one attached hydrogen (secondary N) is 3. The number of nitrogens with two attached hydrogens (primary N) is 1. The minimum atomic E-state index is -1.02. The topological polar surface area (TPSA) is 128 Å². The number of aliphatic carboxylic acids is 1. The summed E-state index contributed by atoms with van der Waals surface area (Å²) in [5.74, 6) is -1.36. The van der Waals surface area contributed by atoms with Crippen molar-refractivity contribution in [3.05, 3.63) is 0 Å². The fourth-order valence-corrected chi connectivity index (χ4v) is 2.65. The third-order valence-electron chi connectivity index (χ3n) is 4.13. The molecule has 6 N–H and O–H groups in total. The van der Waals surface area contributed by atoms with Crippen molar-refractivity contribution in [2.45, 2.75) is 90.0 Å². The molecule has 0 aromatic carbocycles. The molecule has 0 aliphatic heterocycles. The molecule has 0 spiro atoms. The zero-order valence-corrected chi connectivity index (χ0v) is 15.6. The van der Waals surface area contributed by atoms with Crippen LogP contribution in [0.2, 0.25) is 0 Å². The molecule has 0 saturated carbocycles. The summed E-state index contributed by atoms with van der Waals surface area (Å²) in [7, 11) is 0. The van der Waals surface area contributed by atoms with Crippen LogP contribution in [-0.2, 0) is 9.59 Å². The van der Waals surface area contributed by atoms with Gasteiger partial charge in [-0.2, -0.15) is 0 Å². The predicted octanol–water partition coefficient (Wildman–Crippen LogP) is 2.09. The Hall–Kier alpha value is -0.790. The van der Waals surface area contributed by atoms with E-state index in [9.17, 15) is 9.59 Å². The summed E-state index contributed by atoms with van der Waals surface area (Å²) in [6.45, 7) is 2.64. The van der Waals surface area contributed by atoms with Crippen LogP contribution >= 0.6 is 0 Å². The first kappa shape index (κ1) is 27.4. The first-order valence-corrected chi connectivity index (χ1v) is 9.57.